The van der Waals surface area contributed by atoms with Crippen LogP contribution in [0.4, 0.5) is 0 Å². The highest BCUT2D eigenvalue weighted by Crippen LogP contribution is 2.33. The van der Waals surface area contributed by atoms with Crippen LogP contribution in [0.15, 0.2) is 12.3 Å². The number of rotatable bonds is 6. The van der Waals surface area contributed by atoms with Crippen LogP contribution < -0.4 is 5.32 Å². The first kappa shape index (κ1) is 14.6. The Bertz CT molecular complexity index is 351. The fourth-order valence-corrected chi connectivity index (χ4v) is 3.38. The van der Waals surface area contributed by atoms with Crippen LogP contribution in [0.3, 0.4) is 0 Å². The van der Waals surface area contributed by atoms with Gasteiger partial charge >= 0.3 is 0 Å². The van der Waals surface area contributed by atoms with Gasteiger partial charge in [-0.15, -0.1) is 0 Å². The number of aromatic nitrogens is 2. The molecule has 1 atom stereocenters. The molecule has 0 aromatic carbocycles. The number of aryl methyl sites for hydroxylation is 1. The van der Waals surface area contributed by atoms with Gasteiger partial charge in [0.25, 0.3) is 0 Å². The Balaban J connectivity index is 2.15. The second kappa shape index (κ2) is 7.68. The van der Waals surface area contributed by atoms with Crippen molar-refractivity contribution in [2.75, 3.05) is 6.54 Å². The smallest absolute Gasteiger partial charge is 0.0556 e. The van der Waals surface area contributed by atoms with Gasteiger partial charge in [0.2, 0.25) is 0 Å². The van der Waals surface area contributed by atoms with Gasteiger partial charge in [-0.1, -0.05) is 39.5 Å². The first-order chi connectivity index (χ1) is 9.36. The fourth-order valence-electron chi connectivity index (χ4n) is 3.38. The zero-order chi connectivity index (χ0) is 13.5. The van der Waals surface area contributed by atoms with Gasteiger partial charge in [0.1, 0.15) is 0 Å². The highest BCUT2D eigenvalue weighted by Gasteiger charge is 2.25. The van der Waals surface area contributed by atoms with Gasteiger partial charge in [-0.3, -0.25) is 4.68 Å². The zero-order valence-corrected chi connectivity index (χ0v) is 12.6. The van der Waals surface area contributed by atoms with Crippen molar-refractivity contribution in [3.8, 4) is 0 Å². The first-order valence-corrected chi connectivity index (χ1v) is 8.11. The number of hydrogen-bond donors (Lipinski definition) is 1. The molecule has 1 aliphatic rings. The standard InChI is InChI=1S/C16H29N3/c1-3-13-19-15(11-12-18-19)16(17-4-2)14-9-7-5-6-8-10-14/h11-12,14,16-17H,3-10,13H2,1-2H3. The summed E-state index contributed by atoms with van der Waals surface area (Å²) >= 11 is 0. The van der Waals surface area contributed by atoms with E-state index in [1.807, 2.05) is 6.20 Å². The largest absolute Gasteiger partial charge is 0.309 e. The molecule has 0 bridgehead atoms. The van der Waals surface area contributed by atoms with Crippen molar-refractivity contribution in [2.24, 2.45) is 5.92 Å². The SMILES string of the molecule is CCCn1nccc1C(NCC)C1CCCCCC1. The van der Waals surface area contributed by atoms with Crippen LogP contribution in [0, 0.1) is 5.92 Å². The minimum absolute atomic E-state index is 0.497. The molecule has 2 rings (SSSR count). The lowest BCUT2D eigenvalue weighted by Crippen LogP contribution is -2.30. The van der Waals surface area contributed by atoms with Crippen LogP contribution in [0.2, 0.25) is 0 Å². The van der Waals surface area contributed by atoms with E-state index in [1.165, 1.54) is 44.2 Å². The molecule has 3 heteroatoms. The summed E-state index contributed by atoms with van der Waals surface area (Å²) in [4.78, 5) is 0. The molecule has 1 heterocycles. The third-order valence-corrected chi connectivity index (χ3v) is 4.30. The molecule has 1 aromatic heterocycles. The summed E-state index contributed by atoms with van der Waals surface area (Å²) in [5.41, 5.74) is 1.40. The maximum absolute atomic E-state index is 4.50. The van der Waals surface area contributed by atoms with Crippen LogP contribution in [-0.2, 0) is 6.54 Å². The molecule has 1 saturated carbocycles. The van der Waals surface area contributed by atoms with Crippen molar-refractivity contribution in [1.82, 2.24) is 15.1 Å². The molecule has 0 spiro atoms. The summed E-state index contributed by atoms with van der Waals surface area (Å²) in [7, 11) is 0. The van der Waals surface area contributed by atoms with Crippen LogP contribution in [-0.4, -0.2) is 16.3 Å². The quantitative estimate of drug-likeness (QED) is 0.789. The maximum Gasteiger partial charge on any atom is 0.0556 e. The van der Waals surface area contributed by atoms with Crippen molar-refractivity contribution in [2.45, 2.75) is 71.4 Å². The van der Waals surface area contributed by atoms with Crippen molar-refractivity contribution < 1.29 is 0 Å². The van der Waals surface area contributed by atoms with E-state index in [0.717, 1.165) is 25.4 Å². The summed E-state index contributed by atoms with van der Waals surface area (Å²) in [6.45, 7) is 6.51. The van der Waals surface area contributed by atoms with Gasteiger partial charge in [-0.2, -0.15) is 5.10 Å². The van der Waals surface area contributed by atoms with Crippen molar-refractivity contribution in [1.29, 1.82) is 0 Å². The van der Waals surface area contributed by atoms with E-state index in [0.29, 0.717) is 6.04 Å². The van der Waals surface area contributed by atoms with Gasteiger partial charge in [0.05, 0.1) is 11.7 Å². The third-order valence-electron chi connectivity index (χ3n) is 4.30. The van der Waals surface area contributed by atoms with Gasteiger partial charge in [-0.05, 0) is 37.8 Å². The third kappa shape index (κ3) is 3.82. The summed E-state index contributed by atoms with van der Waals surface area (Å²) in [6.07, 6.45) is 11.5. The molecule has 1 fully saturated rings. The molecule has 1 aromatic rings. The lowest BCUT2D eigenvalue weighted by molar-refractivity contribution is 0.312. The topological polar surface area (TPSA) is 29.9 Å². The molecule has 0 radical (unpaired) electrons. The van der Waals surface area contributed by atoms with E-state index < -0.39 is 0 Å². The Kier molecular flexibility index (Phi) is 5.90. The molecule has 0 aliphatic heterocycles. The predicted octanol–water partition coefficient (Wildman–Crippen LogP) is 3.91. The fraction of sp³-hybridized carbons (Fsp3) is 0.812. The molecule has 0 saturated heterocycles. The molecule has 1 aliphatic carbocycles. The van der Waals surface area contributed by atoms with E-state index in [2.05, 4.69) is 35.0 Å². The Hall–Kier alpha value is -0.830. The Morgan fingerprint density at radius 3 is 2.63 bits per heavy atom. The molecule has 3 nitrogen and oxygen atoms in total. The predicted molar refractivity (Wildman–Crippen MR) is 80.1 cm³/mol. The lowest BCUT2D eigenvalue weighted by atomic mass is 9.89. The molecular weight excluding hydrogens is 234 g/mol. The molecule has 0 amide bonds. The monoisotopic (exact) mass is 263 g/mol. The summed E-state index contributed by atoms with van der Waals surface area (Å²) in [5, 5.41) is 8.22. The Labute approximate surface area is 117 Å². The molecular formula is C16H29N3. The lowest BCUT2D eigenvalue weighted by Gasteiger charge is -2.27. The van der Waals surface area contributed by atoms with E-state index in [1.54, 1.807) is 0 Å². The highest BCUT2D eigenvalue weighted by atomic mass is 15.3. The maximum atomic E-state index is 4.50. The second-order valence-corrected chi connectivity index (χ2v) is 5.77. The van der Waals surface area contributed by atoms with Crippen molar-refractivity contribution >= 4 is 0 Å². The second-order valence-electron chi connectivity index (χ2n) is 5.77. The Morgan fingerprint density at radius 2 is 2.00 bits per heavy atom. The normalized spacial score (nSPS) is 19.3. The van der Waals surface area contributed by atoms with Crippen LogP contribution in [0.1, 0.15) is 70.5 Å². The average Bonchev–Trinajstić information content (AvgIpc) is 2.71. The molecule has 1 unspecified atom stereocenters. The number of hydrogen-bond acceptors (Lipinski definition) is 2. The Morgan fingerprint density at radius 1 is 1.26 bits per heavy atom. The first-order valence-electron chi connectivity index (χ1n) is 8.11. The van der Waals surface area contributed by atoms with E-state index in [9.17, 15) is 0 Å². The van der Waals surface area contributed by atoms with E-state index in [-0.39, 0.29) is 0 Å². The van der Waals surface area contributed by atoms with Gasteiger partial charge < -0.3 is 5.32 Å². The molecule has 19 heavy (non-hydrogen) atoms. The van der Waals surface area contributed by atoms with Crippen LogP contribution in [0.25, 0.3) is 0 Å². The summed E-state index contributed by atoms with van der Waals surface area (Å²) < 4.78 is 2.21. The van der Waals surface area contributed by atoms with Crippen LogP contribution >= 0.6 is 0 Å². The number of nitrogens with zero attached hydrogens (tertiary/aromatic N) is 2. The molecule has 1 N–H and O–H groups in total. The number of nitrogens with one attached hydrogen (secondary N) is 1. The van der Waals surface area contributed by atoms with E-state index >= 15 is 0 Å². The minimum atomic E-state index is 0.497. The molecule has 108 valence electrons. The van der Waals surface area contributed by atoms with E-state index in [4.69, 9.17) is 0 Å². The van der Waals surface area contributed by atoms with Crippen molar-refractivity contribution in [3.63, 3.8) is 0 Å². The van der Waals surface area contributed by atoms with Crippen LogP contribution in [0.5, 0.6) is 0 Å². The zero-order valence-electron chi connectivity index (χ0n) is 12.6. The van der Waals surface area contributed by atoms with Gasteiger partial charge in [0.15, 0.2) is 0 Å². The average molecular weight is 263 g/mol. The summed E-state index contributed by atoms with van der Waals surface area (Å²) in [5.74, 6) is 0.787. The van der Waals surface area contributed by atoms with Gasteiger partial charge in [-0.25, -0.2) is 0 Å². The minimum Gasteiger partial charge on any atom is -0.309 e. The van der Waals surface area contributed by atoms with Crippen molar-refractivity contribution in [3.05, 3.63) is 18.0 Å². The highest BCUT2D eigenvalue weighted by molar-refractivity contribution is 5.09. The summed E-state index contributed by atoms with van der Waals surface area (Å²) in [6, 6.07) is 2.71. The van der Waals surface area contributed by atoms with Gasteiger partial charge in [0, 0.05) is 12.7 Å².